The second-order valence-electron chi connectivity index (χ2n) is 5.55. The average Bonchev–Trinajstić information content (AvgIpc) is 3.24. The van der Waals surface area contributed by atoms with Gasteiger partial charge in [-0.1, -0.05) is 30.0 Å². The second-order valence-corrected chi connectivity index (χ2v) is 6.48. The molecule has 0 radical (unpaired) electrons. The third-order valence-electron chi connectivity index (χ3n) is 3.56. The maximum absolute atomic E-state index is 5.67. The highest BCUT2D eigenvalue weighted by atomic mass is 32.2. The van der Waals surface area contributed by atoms with Gasteiger partial charge in [0.2, 0.25) is 0 Å². The van der Waals surface area contributed by atoms with Gasteiger partial charge in [0.1, 0.15) is 11.4 Å². The Labute approximate surface area is 148 Å². The summed E-state index contributed by atoms with van der Waals surface area (Å²) in [6, 6.07) is 13.8. The largest absolute Gasteiger partial charge is 0.484 e. The number of thioether (sulfide) groups is 1. The number of aromatic nitrogens is 4. The van der Waals surface area contributed by atoms with Crippen molar-refractivity contribution < 1.29 is 9.15 Å². The van der Waals surface area contributed by atoms with Gasteiger partial charge in [-0.2, -0.15) is 0 Å². The Morgan fingerprint density at radius 2 is 2.12 bits per heavy atom. The second kappa shape index (κ2) is 6.98. The van der Waals surface area contributed by atoms with Crippen molar-refractivity contribution in [2.45, 2.75) is 24.5 Å². The van der Waals surface area contributed by atoms with E-state index in [1.165, 1.54) is 11.8 Å². The zero-order valence-electron chi connectivity index (χ0n) is 13.6. The van der Waals surface area contributed by atoms with Gasteiger partial charge >= 0.3 is 0 Å². The first-order valence-electron chi connectivity index (χ1n) is 7.83. The summed E-state index contributed by atoms with van der Waals surface area (Å²) < 4.78 is 13.3. The number of hydrogen-bond acceptors (Lipinski definition) is 6. The molecular weight excluding hydrogens is 336 g/mol. The van der Waals surface area contributed by atoms with Crippen LogP contribution in [0.1, 0.15) is 17.1 Å². The summed E-state index contributed by atoms with van der Waals surface area (Å²) in [5.41, 5.74) is 3.04. The van der Waals surface area contributed by atoms with Crippen LogP contribution in [0.4, 0.5) is 0 Å². The molecule has 0 saturated heterocycles. The fourth-order valence-corrected chi connectivity index (χ4v) is 3.06. The van der Waals surface area contributed by atoms with Gasteiger partial charge in [-0.3, -0.25) is 0 Å². The fraction of sp³-hybridized carbons (Fsp3) is 0.167. The van der Waals surface area contributed by atoms with E-state index in [9.17, 15) is 0 Å². The lowest BCUT2D eigenvalue weighted by atomic mass is 10.2. The first-order chi connectivity index (χ1) is 12.3. The van der Waals surface area contributed by atoms with Crippen molar-refractivity contribution in [1.29, 1.82) is 0 Å². The topological polar surface area (TPSA) is 65.5 Å². The smallest absolute Gasteiger partial charge is 0.277 e. The molecule has 0 aliphatic carbocycles. The van der Waals surface area contributed by atoms with Crippen LogP contribution in [0.15, 0.2) is 64.5 Å². The van der Waals surface area contributed by atoms with Crippen molar-refractivity contribution in [2.75, 3.05) is 0 Å². The minimum absolute atomic E-state index is 0.255. The number of fused-ring (bicyclic) bond motifs is 1. The predicted molar refractivity (Wildman–Crippen MR) is 94.6 cm³/mol. The quantitative estimate of drug-likeness (QED) is 0.490. The summed E-state index contributed by atoms with van der Waals surface area (Å²) in [5, 5.41) is 8.58. The molecule has 0 amide bonds. The number of benzene rings is 1. The Bertz CT molecular complexity index is 962. The molecule has 0 fully saturated rings. The Morgan fingerprint density at radius 3 is 3.00 bits per heavy atom. The maximum atomic E-state index is 5.67. The van der Waals surface area contributed by atoms with Crippen LogP contribution in [-0.2, 0) is 12.4 Å². The molecule has 3 heterocycles. The third-order valence-corrected chi connectivity index (χ3v) is 4.41. The Hall–Kier alpha value is -2.80. The minimum Gasteiger partial charge on any atom is -0.484 e. The molecule has 0 unspecified atom stereocenters. The van der Waals surface area contributed by atoms with Crippen LogP contribution in [0.5, 0.6) is 5.75 Å². The number of imidazole rings is 1. The first kappa shape index (κ1) is 15.7. The molecule has 4 aromatic rings. The molecule has 3 aromatic heterocycles. The monoisotopic (exact) mass is 352 g/mol. The van der Waals surface area contributed by atoms with E-state index < -0.39 is 0 Å². The Morgan fingerprint density at radius 1 is 1.16 bits per heavy atom. The summed E-state index contributed by atoms with van der Waals surface area (Å²) in [5.74, 6) is 1.92. The van der Waals surface area contributed by atoms with E-state index in [0.717, 1.165) is 22.7 Å². The summed E-state index contributed by atoms with van der Waals surface area (Å²) in [4.78, 5) is 4.55. The van der Waals surface area contributed by atoms with Crippen LogP contribution < -0.4 is 4.74 Å². The van der Waals surface area contributed by atoms with E-state index >= 15 is 0 Å². The zero-order valence-corrected chi connectivity index (χ0v) is 14.4. The lowest BCUT2D eigenvalue weighted by Crippen LogP contribution is -1.95. The van der Waals surface area contributed by atoms with Gasteiger partial charge in [-0.25, -0.2) is 4.98 Å². The van der Waals surface area contributed by atoms with Gasteiger partial charge in [-0.15, -0.1) is 10.2 Å². The number of pyridine rings is 1. The van der Waals surface area contributed by atoms with E-state index in [4.69, 9.17) is 9.15 Å². The zero-order chi connectivity index (χ0) is 17.1. The van der Waals surface area contributed by atoms with Crippen LogP contribution in [0, 0.1) is 6.92 Å². The molecule has 25 heavy (non-hydrogen) atoms. The molecule has 6 nitrogen and oxygen atoms in total. The van der Waals surface area contributed by atoms with Gasteiger partial charge in [-0.05, 0) is 36.8 Å². The number of ether oxygens (including phenoxy) is 1. The Balaban J connectivity index is 1.34. The van der Waals surface area contributed by atoms with Gasteiger partial charge in [0.05, 0.1) is 5.69 Å². The summed E-state index contributed by atoms with van der Waals surface area (Å²) in [6.45, 7) is 2.28. The minimum atomic E-state index is 0.255. The van der Waals surface area contributed by atoms with Gasteiger partial charge in [0.25, 0.3) is 11.1 Å². The summed E-state index contributed by atoms with van der Waals surface area (Å²) in [7, 11) is 0. The van der Waals surface area contributed by atoms with E-state index in [1.54, 1.807) is 0 Å². The summed E-state index contributed by atoms with van der Waals surface area (Å²) in [6.07, 6.45) is 3.98. The van der Waals surface area contributed by atoms with Crippen molar-refractivity contribution in [3.8, 4) is 5.75 Å². The van der Waals surface area contributed by atoms with Crippen LogP contribution in [-0.4, -0.2) is 19.6 Å². The molecular formula is C18H16N4O2S. The maximum Gasteiger partial charge on any atom is 0.277 e. The molecule has 0 aliphatic rings. The van der Waals surface area contributed by atoms with Gasteiger partial charge < -0.3 is 13.6 Å². The molecule has 0 spiro atoms. The molecule has 4 rings (SSSR count). The van der Waals surface area contributed by atoms with Crippen molar-refractivity contribution in [2.24, 2.45) is 0 Å². The van der Waals surface area contributed by atoms with Crippen molar-refractivity contribution in [3.05, 3.63) is 72.0 Å². The average molecular weight is 352 g/mol. The normalized spacial score (nSPS) is 11.1. The van der Waals surface area contributed by atoms with Crippen molar-refractivity contribution >= 4 is 17.4 Å². The molecule has 7 heteroatoms. The predicted octanol–water partition coefficient (Wildman–Crippen LogP) is 3.90. The molecule has 0 atom stereocenters. The van der Waals surface area contributed by atoms with E-state index in [-0.39, 0.29) is 6.61 Å². The van der Waals surface area contributed by atoms with Crippen LogP contribution in [0.2, 0.25) is 0 Å². The molecule has 0 saturated carbocycles. The molecule has 126 valence electrons. The lowest BCUT2D eigenvalue weighted by Gasteiger charge is -2.03. The standard InChI is InChI=1S/C18H16N4O2S/c1-13-5-4-6-15(9-13)23-11-17-20-21-18(24-17)25-12-14-10-22-8-3-2-7-16(22)19-14/h2-10H,11-12H2,1H3. The Kier molecular flexibility index (Phi) is 4.39. The van der Waals surface area contributed by atoms with Crippen molar-refractivity contribution in [1.82, 2.24) is 19.6 Å². The molecule has 0 bridgehead atoms. The highest BCUT2D eigenvalue weighted by molar-refractivity contribution is 7.98. The number of aryl methyl sites for hydroxylation is 1. The van der Waals surface area contributed by atoms with Crippen LogP contribution >= 0.6 is 11.8 Å². The highest BCUT2D eigenvalue weighted by Gasteiger charge is 2.09. The van der Waals surface area contributed by atoms with E-state index in [0.29, 0.717) is 16.9 Å². The number of rotatable bonds is 6. The van der Waals surface area contributed by atoms with Gasteiger partial charge in [0.15, 0.2) is 6.61 Å². The first-order valence-corrected chi connectivity index (χ1v) is 8.82. The van der Waals surface area contributed by atoms with E-state index in [1.807, 2.05) is 66.2 Å². The van der Waals surface area contributed by atoms with Crippen LogP contribution in [0.25, 0.3) is 5.65 Å². The summed E-state index contributed by atoms with van der Waals surface area (Å²) >= 11 is 1.46. The van der Waals surface area contributed by atoms with Crippen LogP contribution in [0.3, 0.4) is 0 Å². The fourth-order valence-electron chi connectivity index (χ4n) is 2.40. The van der Waals surface area contributed by atoms with Gasteiger partial charge in [0, 0.05) is 18.1 Å². The number of hydrogen-bond donors (Lipinski definition) is 0. The third kappa shape index (κ3) is 3.83. The SMILES string of the molecule is Cc1cccc(OCc2nnc(SCc3cn4ccccc4n3)o2)c1. The molecule has 1 aromatic carbocycles. The molecule has 0 aliphatic heterocycles. The van der Waals surface area contributed by atoms with Crippen molar-refractivity contribution in [3.63, 3.8) is 0 Å². The molecule has 0 N–H and O–H groups in total. The lowest BCUT2D eigenvalue weighted by molar-refractivity contribution is 0.252. The number of nitrogens with zero attached hydrogens (tertiary/aromatic N) is 4. The highest BCUT2D eigenvalue weighted by Crippen LogP contribution is 2.22. The van der Waals surface area contributed by atoms with E-state index in [2.05, 4.69) is 15.2 Å².